The monoisotopic (exact) mass is 470 g/mol. The van der Waals surface area contributed by atoms with Gasteiger partial charge < -0.3 is 0 Å². The predicted octanol–water partition coefficient (Wildman–Crippen LogP) is 9.25. The fourth-order valence-corrected chi connectivity index (χ4v) is 4.98. The molecule has 0 amide bonds. The molecule has 0 N–H and O–H groups in total. The van der Waals surface area contributed by atoms with Crippen molar-refractivity contribution in [2.45, 2.75) is 51.4 Å². The molecule has 1 aliphatic carbocycles. The van der Waals surface area contributed by atoms with E-state index in [2.05, 4.69) is 60.9 Å². The highest BCUT2D eigenvalue weighted by Crippen LogP contribution is 2.34. The average Bonchev–Trinajstić information content (AvgIpc) is 2.88. The molecule has 4 rings (SSSR count). The van der Waals surface area contributed by atoms with E-state index in [9.17, 15) is 4.39 Å². The molecule has 0 unspecified atom stereocenters. The molecule has 0 atom stereocenters. The van der Waals surface area contributed by atoms with Crippen LogP contribution in [0.4, 0.5) is 4.39 Å². The Labute approximate surface area is 208 Å². The van der Waals surface area contributed by atoms with E-state index in [4.69, 9.17) is 11.6 Å². The lowest BCUT2D eigenvalue weighted by atomic mass is 9.78. The quantitative estimate of drug-likeness (QED) is 0.238. The van der Waals surface area contributed by atoms with E-state index in [-0.39, 0.29) is 5.02 Å². The van der Waals surface area contributed by atoms with Crippen LogP contribution in [0, 0.1) is 29.5 Å². The van der Waals surface area contributed by atoms with Crippen molar-refractivity contribution >= 4 is 11.6 Å². The van der Waals surface area contributed by atoms with Crippen molar-refractivity contribution in [3.8, 4) is 23.0 Å². The van der Waals surface area contributed by atoms with Gasteiger partial charge in [-0.2, -0.15) is 0 Å². The summed E-state index contributed by atoms with van der Waals surface area (Å²) in [5.74, 6) is 7.45. The maximum atomic E-state index is 13.6. The van der Waals surface area contributed by atoms with Crippen molar-refractivity contribution < 1.29 is 4.39 Å². The zero-order valence-corrected chi connectivity index (χ0v) is 20.5. The summed E-state index contributed by atoms with van der Waals surface area (Å²) in [5.41, 5.74) is 5.32. The van der Waals surface area contributed by atoms with E-state index in [1.807, 2.05) is 12.1 Å². The van der Waals surface area contributed by atoms with E-state index in [0.29, 0.717) is 5.56 Å². The van der Waals surface area contributed by atoms with Crippen LogP contribution in [-0.4, -0.2) is 0 Å². The zero-order valence-electron chi connectivity index (χ0n) is 19.7. The first kappa shape index (κ1) is 24.3. The minimum atomic E-state index is -0.445. The Morgan fingerprint density at radius 1 is 0.794 bits per heavy atom. The Morgan fingerprint density at radius 2 is 1.35 bits per heavy atom. The lowest BCUT2D eigenvalue weighted by Gasteiger charge is -2.28. The van der Waals surface area contributed by atoms with Crippen molar-refractivity contribution in [2.24, 2.45) is 11.8 Å². The smallest absolute Gasteiger partial charge is 0.143 e. The highest BCUT2D eigenvalue weighted by atomic mass is 35.5. The second kappa shape index (κ2) is 12.0. The van der Waals surface area contributed by atoms with Gasteiger partial charge in [-0.05, 0) is 84.5 Å². The molecule has 0 radical (unpaired) electrons. The Hall–Kier alpha value is -2.82. The first-order valence-electron chi connectivity index (χ1n) is 12.4. The number of hydrogen-bond donors (Lipinski definition) is 0. The number of aryl methyl sites for hydroxylation is 1. The van der Waals surface area contributed by atoms with Gasteiger partial charge in [0.25, 0.3) is 0 Å². The highest BCUT2D eigenvalue weighted by Gasteiger charge is 2.20. The summed E-state index contributed by atoms with van der Waals surface area (Å²) in [6.07, 6.45) is 12.6. The average molecular weight is 471 g/mol. The zero-order chi connectivity index (χ0) is 23.8. The maximum Gasteiger partial charge on any atom is 0.143 e. The van der Waals surface area contributed by atoms with Gasteiger partial charge in [0.2, 0.25) is 0 Å². The lowest BCUT2D eigenvalue weighted by molar-refractivity contribution is 0.254. The topological polar surface area (TPSA) is 0 Å². The molecule has 0 aliphatic heterocycles. The van der Waals surface area contributed by atoms with Crippen LogP contribution in [0.25, 0.3) is 11.1 Å². The molecule has 34 heavy (non-hydrogen) atoms. The molecule has 1 aliphatic rings. The number of hydrogen-bond acceptors (Lipinski definition) is 0. The van der Waals surface area contributed by atoms with E-state index in [1.54, 1.807) is 6.07 Å². The molecule has 3 aromatic carbocycles. The van der Waals surface area contributed by atoms with Gasteiger partial charge in [-0.3, -0.25) is 0 Å². The van der Waals surface area contributed by atoms with Crippen LogP contribution in [0.5, 0.6) is 0 Å². The second-order valence-corrected chi connectivity index (χ2v) is 9.85. The van der Waals surface area contributed by atoms with Crippen LogP contribution in [0.2, 0.25) is 5.02 Å². The van der Waals surface area contributed by atoms with E-state index < -0.39 is 5.82 Å². The third kappa shape index (κ3) is 6.85. The van der Waals surface area contributed by atoms with Gasteiger partial charge in [0, 0.05) is 11.1 Å². The molecular weight excluding hydrogens is 439 g/mol. The van der Waals surface area contributed by atoms with Crippen LogP contribution in [0.15, 0.2) is 79.4 Å². The summed E-state index contributed by atoms with van der Waals surface area (Å²) in [6, 6.07) is 21.8. The molecule has 0 spiro atoms. The first-order chi connectivity index (χ1) is 16.6. The standard InChI is InChI=1S/C32H32ClF/c1-2-3-4-24-5-7-25(8-6-24)9-10-26-13-18-29(19-14-26)30-20-15-27(16-21-30)11-12-28-17-22-31(33)32(34)23-28/h2,13-25H,1,3-10H2/t24-,25-. The summed E-state index contributed by atoms with van der Waals surface area (Å²) in [5, 5.41) is 0.114. The van der Waals surface area contributed by atoms with E-state index in [1.165, 1.54) is 80.2 Å². The third-order valence-electron chi connectivity index (χ3n) is 7.03. The molecule has 1 fully saturated rings. The molecule has 0 aromatic heterocycles. The Kier molecular flexibility index (Phi) is 8.62. The van der Waals surface area contributed by atoms with Crippen molar-refractivity contribution in [3.63, 3.8) is 0 Å². The largest absolute Gasteiger partial charge is 0.205 e. The molecule has 0 bridgehead atoms. The van der Waals surface area contributed by atoms with Crippen LogP contribution in [0.1, 0.15) is 61.6 Å². The Balaban J connectivity index is 1.29. The fraction of sp³-hybridized carbons (Fsp3) is 0.312. The first-order valence-corrected chi connectivity index (χ1v) is 12.8. The van der Waals surface area contributed by atoms with Crippen LogP contribution in [-0.2, 0) is 6.42 Å². The van der Waals surface area contributed by atoms with Crippen LogP contribution >= 0.6 is 11.6 Å². The Morgan fingerprint density at radius 3 is 1.97 bits per heavy atom. The van der Waals surface area contributed by atoms with Gasteiger partial charge >= 0.3 is 0 Å². The third-order valence-corrected chi connectivity index (χ3v) is 7.34. The number of rotatable bonds is 7. The summed E-state index contributed by atoms with van der Waals surface area (Å²) in [6.45, 7) is 3.86. The molecule has 3 aromatic rings. The van der Waals surface area contributed by atoms with Crippen LogP contribution < -0.4 is 0 Å². The van der Waals surface area contributed by atoms with Crippen molar-refractivity contribution in [3.05, 3.63) is 107 Å². The van der Waals surface area contributed by atoms with Gasteiger partial charge in [-0.25, -0.2) is 4.39 Å². The predicted molar refractivity (Wildman–Crippen MR) is 142 cm³/mol. The van der Waals surface area contributed by atoms with Gasteiger partial charge in [0.1, 0.15) is 5.82 Å². The molecule has 2 heteroatoms. The molecule has 0 nitrogen and oxygen atoms in total. The lowest BCUT2D eigenvalue weighted by Crippen LogP contribution is -2.15. The summed E-state index contributed by atoms with van der Waals surface area (Å²) >= 11 is 5.73. The minimum Gasteiger partial charge on any atom is -0.205 e. The van der Waals surface area contributed by atoms with Crippen molar-refractivity contribution in [2.75, 3.05) is 0 Å². The minimum absolute atomic E-state index is 0.114. The molecular formula is C32H32ClF. The van der Waals surface area contributed by atoms with Gasteiger partial charge in [0.05, 0.1) is 5.02 Å². The molecule has 0 heterocycles. The number of allylic oxidation sites excluding steroid dienone is 1. The molecule has 174 valence electrons. The summed E-state index contributed by atoms with van der Waals surface area (Å²) in [7, 11) is 0. The van der Waals surface area contributed by atoms with Crippen molar-refractivity contribution in [1.82, 2.24) is 0 Å². The highest BCUT2D eigenvalue weighted by molar-refractivity contribution is 6.30. The van der Waals surface area contributed by atoms with Crippen molar-refractivity contribution in [1.29, 1.82) is 0 Å². The SMILES string of the molecule is C=CCC[C@H]1CC[C@H](CCc2ccc(-c3ccc(C#Cc4ccc(Cl)c(F)c4)cc3)cc2)CC1. The fourth-order valence-electron chi connectivity index (χ4n) is 4.86. The van der Waals surface area contributed by atoms with Crippen LogP contribution in [0.3, 0.4) is 0 Å². The second-order valence-electron chi connectivity index (χ2n) is 9.44. The Bertz CT molecular complexity index is 1140. The molecule has 0 saturated heterocycles. The summed E-state index contributed by atoms with van der Waals surface area (Å²) in [4.78, 5) is 0. The van der Waals surface area contributed by atoms with Gasteiger partial charge in [-0.1, -0.05) is 91.6 Å². The normalized spacial score (nSPS) is 17.6. The molecule has 1 saturated carbocycles. The van der Waals surface area contributed by atoms with E-state index in [0.717, 1.165) is 17.4 Å². The van der Waals surface area contributed by atoms with Gasteiger partial charge in [-0.15, -0.1) is 6.58 Å². The maximum absolute atomic E-state index is 13.6. The van der Waals surface area contributed by atoms with Gasteiger partial charge in [0.15, 0.2) is 0 Å². The van der Waals surface area contributed by atoms with E-state index >= 15 is 0 Å². The summed E-state index contributed by atoms with van der Waals surface area (Å²) < 4.78 is 13.6. The number of halogens is 2. The number of benzene rings is 3.